The van der Waals surface area contributed by atoms with Gasteiger partial charge in [0.2, 0.25) is 0 Å². The van der Waals surface area contributed by atoms with Gasteiger partial charge in [-0.25, -0.2) is 0 Å². The van der Waals surface area contributed by atoms with E-state index in [4.69, 9.17) is 0 Å². The third-order valence-electron chi connectivity index (χ3n) is 3.64. The molecule has 0 radical (unpaired) electrons. The van der Waals surface area contributed by atoms with Gasteiger partial charge in [-0.15, -0.1) is 0 Å². The van der Waals surface area contributed by atoms with Crippen LogP contribution in [0.4, 0.5) is 0 Å². The van der Waals surface area contributed by atoms with Crippen molar-refractivity contribution in [1.82, 2.24) is 19.2 Å². The number of amides is 1. The summed E-state index contributed by atoms with van der Waals surface area (Å²) in [6.45, 7) is 0.436. The molecular weight excluding hydrogens is 292 g/mol. The molecule has 0 aliphatic rings. The van der Waals surface area contributed by atoms with Crippen molar-refractivity contribution in [2.45, 2.75) is 6.54 Å². The summed E-state index contributed by atoms with van der Waals surface area (Å²) in [7, 11) is 3.53. The molecule has 0 aliphatic heterocycles. The molecule has 6 nitrogen and oxygen atoms in total. The van der Waals surface area contributed by atoms with Crippen LogP contribution >= 0.6 is 0 Å². The van der Waals surface area contributed by atoms with Gasteiger partial charge < -0.3 is 14.6 Å². The first-order valence-corrected chi connectivity index (χ1v) is 7.24. The molecule has 2 heterocycles. The molecule has 0 spiro atoms. The van der Waals surface area contributed by atoms with Crippen molar-refractivity contribution in [1.29, 1.82) is 0 Å². The normalized spacial score (nSPS) is 10.7. The number of aromatic nitrogens is 3. The van der Waals surface area contributed by atoms with E-state index < -0.39 is 0 Å². The van der Waals surface area contributed by atoms with Crippen molar-refractivity contribution < 1.29 is 9.90 Å². The Morgan fingerprint density at radius 1 is 1.30 bits per heavy atom. The Bertz CT molecular complexity index is 821. The van der Waals surface area contributed by atoms with Crippen molar-refractivity contribution in [2.24, 2.45) is 7.05 Å². The summed E-state index contributed by atoms with van der Waals surface area (Å²) in [5.41, 5.74) is 2.03. The minimum absolute atomic E-state index is 0.0285. The van der Waals surface area contributed by atoms with Crippen LogP contribution in [0.15, 0.2) is 55.1 Å². The van der Waals surface area contributed by atoms with E-state index in [1.165, 1.54) is 0 Å². The van der Waals surface area contributed by atoms with Crippen LogP contribution in [0.2, 0.25) is 0 Å². The molecule has 0 fully saturated rings. The molecule has 0 bridgehead atoms. The van der Waals surface area contributed by atoms with E-state index in [-0.39, 0.29) is 17.2 Å². The highest BCUT2D eigenvalue weighted by Crippen LogP contribution is 2.23. The highest BCUT2D eigenvalue weighted by molar-refractivity contribution is 5.96. The van der Waals surface area contributed by atoms with Crippen molar-refractivity contribution in [2.75, 3.05) is 7.05 Å². The van der Waals surface area contributed by atoms with E-state index in [1.807, 2.05) is 48.4 Å². The van der Waals surface area contributed by atoms with Crippen LogP contribution in [0.1, 0.15) is 15.9 Å². The predicted molar refractivity (Wildman–Crippen MR) is 86.4 cm³/mol. The molecule has 0 aliphatic carbocycles. The summed E-state index contributed by atoms with van der Waals surface area (Å²) in [5, 5.41) is 14.3. The number of phenols is 1. The molecule has 118 valence electrons. The monoisotopic (exact) mass is 310 g/mol. The zero-order valence-corrected chi connectivity index (χ0v) is 13.0. The molecule has 6 heteroatoms. The number of benzene rings is 1. The first kappa shape index (κ1) is 14.9. The lowest BCUT2D eigenvalue weighted by Crippen LogP contribution is -2.26. The molecule has 1 N–H and O–H groups in total. The van der Waals surface area contributed by atoms with E-state index in [2.05, 4.69) is 5.10 Å². The minimum atomic E-state index is -0.231. The second-order valence-electron chi connectivity index (χ2n) is 5.48. The third kappa shape index (κ3) is 3.11. The number of rotatable bonds is 4. The lowest BCUT2D eigenvalue weighted by Gasteiger charge is -2.17. The number of nitrogens with zero attached hydrogens (tertiary/aromatic N) is 4. The van der Waals surface area contributed by atoms with E-state index in [0.29, 0.717) is 6.54 Å². The van der Waals surface area contributed by atoms with Gasteiger partial charge in [0.25, 0.3) is 5.91 Å². The summed E-state index contributed by atoms with van der Waals surface area (Å²) in [6.07, 6.45) is 7.34. The summed E-state index contributed by atoms with van der Waals surface area (Å²) < 4.78 is 3.56. The molecule has 0 saturated carbocycles. The molecule has 1 aromatic carbocycles. The third-order valence-corrected chi connectivity index (χ3v) is 3.64. The van der Waals surface area contributed by atoms with Crippen molar-refractivity contribution in [3.63, 3.8) is 0 Å². The van der Waals surface area contributed by atoms with Crippen LogP contribution in [-0.4, -0.2) is 37.3 Å². The van der Waals surface area contributed by atoms with Crippen LogP contribution in [-0.2, 0) is 13.6 Å². The van der Waals surface area contributed by atoms with Crippen molar-refractivity contribution >= 4 is 5.91 Å². The topological polar surface area (TPSA) is 63.3 Å². The Morgan fingerprint density at radius 3 is 2.65 bits per heavy atom. The van der Waals surface area contributed by atoms with Crippen molar-refractivity contribution in [3.8, 4) is 11.4 Å². The van der Waals surface area contributed by atoms with Gasteiger partial charge in [0.05, 0.1) is 11.8 Å². The van der Waals surface area contributed by atoms with Gasteiger partial charge in [0, 0.05) is 56.5 Å². The second-order valence-corrected chi connectivity index (χ2v) is 5.48. The van der Waals surface area contributed by atoms with Crippen LogP contribution in [0.25, 0.3) is 5.69 Å². The maximum Gasteiger partial charge on any atom is 0.257 e. The fourth-order valence-electron chi connectivity index (χ4n) is 2.47. The maximum absolute atomic E-state index is 12.5. The number of phenolic OH excluding ortho intramolecular Hbond substituents is 1. The fraction of sp³-hybridized carbons (Fsp3) is 0.176. The minimum Gasteiger partial charge on any atom is -0.507 e. The summed E-state index contributed by atoms with van der Waals surface area (Å²) in [4.78, 5) is 14.1. The molecule has 0 unspecified atom stereocenters. The Kier molecular flexibility index (Phi) is 3.89. The Balaban J connectivity index is 1.79. The first-order chi connectivity index (χ1) is 11.0. The van der Waals surface area contributed by atoms with Crippen LogP contribution < -0.4 is 0 Å². The number of carbonyl (C=O) groups is 1. The van der Waals surface area contributed by atoms with Gasteiger partial charge in [-0.1, -0.05) is 0 Å². The van der Waals surface area contributed by atoms with Crippen molar-refractivity contribution in [3.05, 3.63) is 66.2 Å². The van der Waals surface area contributed by atoms with E-state index in [1.54, 1.807) is 35.0 Å². The maximum atomic E-state index is 12.5. The fourth-order valence-corrected chi connectivity index (χ4v) is 2.47. The molecule has 23 heavy (non-hydrogen) atoms. The number of carbonyl (C=O) groups excluding carboxylic acids is 1. The predicted octanol–water partition coefficient (Wildman–Crippen LogP) is 2.19. The molecular formula is C17H18N4O2. The average Bonchev–Trinajstić information content (AvgIpc) is 3.18. The van der Waals surface area contributed by atoms with E-state index in [0.717, 1.165) is 11.3 Å². The number of hydrogen-bond acceptors (Lipinski definition) is 3. The number of aromatic hydroxyl groups is 1. The highest BCUT2D eigenvalue weighted by Gasteiger charge is 2.17. The van der Waals surface area contributed by atoms with Gasteiger partial charge in [-0.05, 0) is 24.3 Å². The summed E-state index contributed by atoms with van der Waals surface area (Å²) in [5.74, 6) is -0.260. The molecule has 1 amide bonds. The standard InChI is InChI=1S/C17H18N4O2/c1-19(11-13-10-18-20(2)12-13)17(23)15-6-5-14(9-16(15)22)21-7-3-4-8-21/h3-10,12,22H,11H2,1-2H3. The Hall–Kier alpha value is -3.02. The summed E-state index contributed by atoms with van der Waals surface area (Å²) in [6, 6.07) is 8.85. The van der Waals surface area contributed by atoms with Gasteiger partial charge in [0.1, 0.15) is 5.75 Å². The molecule has 3 aromatic rings. The average molecular weight is 310 g/mol. The SMILES string of the molecule is CN(Cc1cnn(C)c1)C(=O)c1ccc(-n2cccc2)cc1O. The zero-order chi connectivity index (χ0) is 16.4. The quantitative estimate of drug-likeness (QED) is 0.803. The highest BCUT2D eigenvalue weighted by atomic mass is 16.3. The molecule has 0 saturated heterocycles. The van der Waals surface area contributed by atoms with Crippen LogP contribution in [0.5, 0.6) is 5.75 Å². The van der Waals surface area contributed by atoms with Gasteiger partial charge in [-0.3, -0.25) is 9.48 Å². The molecule has 0 atom stereocenters. The van der Waals surface area contributed by atoms with E-state index >= 15 is 0 Å². The first-order valence-electron chi connectivity index (χ1n) is 7.24. The van der Waals surface area contributed by atoms with E-state index in [9.17, 15) is 9.90 Å². The number of aryl methyl sites for hydroxylation is 1. The second kappa shape index (κ2) is 6.00. The zero-order valence-electron chi connectivity index (χ0n) is 13.0. The lowest BCUT2D eigenvalue weighted by atomic mass is 10.1. The molecule has 3 rings (SSSR count). The lowest BCUT2D eigenvalue weighted by molar-refractivity contribution is 0.0782. The van der Waals surface area contributed by atoms with Gasteiger partial charge in [-0.2, -0.15) is 5.10 Å². The molecule has 2 aromatic heterocycles. The van der Waals surface area contributed by atoms with Gasteiger partial charge in [0.15, 0.2) is 0 Å². The Labute approximate surface area is 134 Å². The van der Waals surface area contributed by atoms with Gasteiger partial charge >= 0.3 is 0 Å². The largest absolute Gasteiger partial charge is 0.507 e. The van der Waals surface area contributed by atoms with Crippen LogP contribution in [0.3, 0.4) is 0 Å². The van der Waals surface area contributed by atoms with Crippen LogP contribution in [0, 0.1) is 0 Å². The smallest absolute Gasteiger partial charge is 0.257 e. The Morgan fingerprint density at radius 2 is 2.04 bits per heavy atom. The number of hydrogen-bond donors (Lipinski definition) is 1. The summed E-state index contributed by atoms with van der Waals surface area (Å²) >= 11 is 0.